The summed E-state index contributed by atoms with van der Waals surface area (Å²) in [5, 5.41) is 17.6. The normalized spacial score (nSPS) is 10.9. The van der Waals surface area contributed by atoms with E-state index in [2.05, 4.69) is 0 Å². The molecule has 0 amide bonds. The Labute approximate surface area is 244 Å². The van der Waals surface area contributed by atoms with Crippen LogP contribution in [0.1, 0.15) is 41.1 Å². The summed E-state index contributed by atoms with van der Waals surface area (Å²) in [6.45, 7) is 5.95. The number of methoxy groups -OCH3 is 1. The molecule has 9 nitrogen and oxygen atoms in total. The molecule has 0 radical (unpaired) electrons. The maximum absolute atomic E-state index is 11.0. The molecule has 0 aliphatic heterocycles. The molecule has 0 unspecified atom stereocenters. The fourth-order valence-corrected chi connectivity index (χ4v) is 3.74. The van der Waals surface area contributed by atoms with Crippen LogP contribution in [-0.4, -0.2) is 35.9 Å². The van der Waals surface area contributed by atoms with Gasteiger partial charge in [-0.2, -0.15) is 0 Å². The second-order valence-corrected chi connectivity index (χ2v) is 8.92. The van der Waals surface area contributed by atoms with E-state index in [1.165, 1.54) is 18.2 Å². The predicted octanol–water partition coefficient (Wildman–Crippen LogP) is 6.60. The Balaban J connectivity index is 0.000000274. The highest BCUT2D eigenvalue weighted by molar-refractivity contribution is 5.86. The lowest BCUT2D eigenvalue weighted by molar-refractivity contribution is -0.137. The van der Waals surface area contributed by atoms with E-state index in [0.717, 1.165) is 39.8 Å². The number of carboxylic acid groups (broad SMARTS) is 1. The first-order valence-corrected chi connectivity index (χ1v) is 13.1. The van der Waals surface area contributed by atoms with Crippen molar-refractivity contribution in [3.63, 3.8) is 0 Å². The zero-order valence-electron chi connectivity index (χ0n) is 24.0. The first-order chi connectivity index (χ1) is 20.2. The van der Waals surface area contributed by atoms with E-state index in [0.29, 0.717) is 36.3 Å². The average Bonchev–Trinajstić information content (AvgIpc) is 3.55. The standard InChI is InChI=1S/C22H20O5.C11H14O4/c1-15-18(13-21(27-15)11-12-22(23)24)14-26-20-9-5-17(6-10-20)16-3-7-19(25-2)8-4-16;1-3-14-11(13)5-4-10-6-9(7-12)8(2)15-10/h3-13H,14H2,1-2H3,(H,23,24);4-6,12H,3,7H2,1-2H3/b12-11+;5-4+. The number of ether oxygens (including phenoxy) is 3. The van der Waals surface area contributed by atoms with Gasteiger partial charge in [-0.3, -0.25) is 0 Å². The quantitative estimate of drug-likeness (QED) is 0.150. The van der Waals surface area contributed by atoms with Crippen molar-refractivity contribution >= 4 is 24.1 Å². The zero-order valence-corrected chi connectivity index (χ0v) is 24.0. The molecule has 0 aliphatic carbocycles. The van der Waals surface area contributed by atoms with Crippen molar-refractivity contribution in [2.24, 2.45) is 0 Å². The topological polar surface area (TPSA) is 129 Å². The molecule has 0 fully saturated rings. The first kappa shape index (κ1) is 31.5. The van der Waals surface area contributed by atoms with E-state index < -0.39 is 11.9 Å². The number of aliphatic hydroxyl groups is 1. The number of benzene rings is 2. The van der Waals surface area contributed by atoms with Crippen LogP contribution in [0.2, 0.25) is 0 Å². The molecule has 4 rings (SSSR count). The summed E-state index contributed by atoms with van der Waals surface area (Å²) in [5.74, 6) is 2.53. The molecule has 0 atom stereocenters. The number of carbonyl (C=O) groups is 2. The monoisotopic (exact) mass is 574 g/mol. The van der Waals surface area contributed by atoms with Crippen LogP contribution in [0.4, 0.5) is 0 Å². The number of carbonyl (C=O) groups excluding carboxylic acids is 1. The lowest BCUT2D eigenvalue weighted by Gasteiger charge is -2.07. The molecule has 4 aromatic rings. The summed E-state index contributed by atoms with van der Waals surface area (Å²) in [7, 11) is 1.65. The van der Waals surface area contributed by atoms with Gasteiger partial charge in [0.15, 0.2) is 0 Å². The minimum absolute atomic E-state index is 0.0669. The zero-order chi connectivity index (χ0) is 30.5. The van der Waals surface area contributed by atoms with Crippen molar-refractivity contribution in [2.75, 3.05) is 13.7 Å². The second kappa shape index (κ2) is 15.7. The molecule has 0 saturated heterocycles. The Morgan fingerprint density at radius 3 is 1.83 bits per heavy atom. The van der Waals surface area contributed by atoms with Crippen LogP contribution in [0.5, 0.6) is 11.5 Å². The Morgan fingerprint density at radius 2 is 1.33 bits per heavy atom. The maximum Gasteiger partial charge on any atom is 0.330 e. The third kappa shape index (κ3) is 9.57. The number of aryl methyl sites for hydroxylation is 2. The smallest absolute Gasteiger partial charge is 0.330 e. The van der Waals surface area contributed by atoms with Crippen LogP contribution in [0, 0.1) is 13.8 Å². The van der Waals surface area contributed by atoms with Gasteiger partial charge < -0.3 is 33.3 Å². The SMILES string of the molecule is CCOC(=O)/C=C/c1cc(CO)c(C)o1.COc1ccc(-c2ccc(OCc3cc(/C=C/C(=O)O)oc3C)cc2)cc1. The summed E-state index contributed by atoms with van der Waals surface area (Å²) < 4.78 is 26.5. The van der Waals surface area contributed by atoms with E-state index >= 15 is 0 Å². The van der Waals surface area contributed by atoms with Gasteiger partial charge in [0.2, 0.25) is 0 Å². The van der Waals surface area contributed by atoms with E-state index in [-0.39, 0.29) is 6.61 Å². The lowest BCUT2D eigenvalue weighted by atomic mass is 10.1. The fraction of sp³-hybridized carbons (Fsp3) is 0.212. The van der Waals surface area contributed by atoms with E-state index in [9.17, 15) is 9.59 Å². The van der Waals surface area contributed by atoms with Crippen LogP contribution in [0.3, 0.4) is 0 Å². The highest BCUT2D eigenvalue weighted by Crippen LogP contribution is 2.25. The van der Waals surface area contributed by atoms with Crippen molar-refractivity contribution < 1.29 is 42.8 Å². The number of furan rings is 2. The van der Waals surface area contributed by atoms with Gasteiger partial charge in [0.05, 0.1) is 20.3 Å². The predicted molar refractivity (Wildman–Crippen MR) is 158 cm³/mol. The number of carboxylic acids is 1. The summed E-state index contributed by atoms with van der Waals surface area (Å²) in [4.78, 5) is 21.6. The molecule has 2 aromatic heterocycles. The molecule has 0 spiro atoms. The van der Waals surface area contributed by atoms with Crippen LogP contribution in [0.15, 0.2) is 81.7 Å². The van der Waals surface area contributed by atoms with Gasteiger partial charge in [-0.15, -0.1) is 0 Å². The van der Waals surface area contributed by atoms with Crippen LogP contribution in [0.25, 0.3) is 23.3 Å². The number of hydrogen-bond acceptors (Lipinski definition) is 8. The fourth-order valence-electron chi connectivity index (χ4n) is 3.74. The number of hydrogen-bond donors (Lipinski definition) is 2. The maximum atomic E-state index is 11.0. The lowest BCUT2D eigenvalue weighted by Crippen LogP contribution is -1.98. The summed E-state index contributed by atoms with van der Waals surface area (Å²) in [6, 6.07) is 19.2. The van der Waals surface area contributed by atoms with Crippen molar-refractivity contribution in [3.8, 4) is 22.6 Å². The number of esters is 1. The van der Waals surface area contributed by atoms with Crippen LogP contribution in [-0.2, 0) is 27.5 Å². The van der Waals surface area contributed by atoms with Gasteiger partial charge in [0.1, 0.15) is 41.1 Å². The van der Waals surface area contributed by atoms with Crippen LogP contribution < -0.4 is 9.47 Å². The Morgan fingerprint density at radius 1 is 0.810 bits per heavy atom. The average molecular weight is 575 g/mol. The minimum atomic E-state index is -1.01. The van der Waals surface area contributed by atoms with Gasteiger partial charge in [-0.25, -0.2) is 9.59 Å². The summed E-state index contributed by atoms with van der Waals surface area (Å²) >= 11 is 0. The van der Waals surface area contributed by atoms with Gasteiger partial charge in [0.25, 0.3) is 0 Å². The molecular formula is C33H34O9. The van der Waals surface area contributed by atoms with E-state index in [1.807, 2.05) is 55.5 Å². The third-order valence-corrected chi connectivity index (χ3v) is 5.98. The summed E-state index contributed by atoms with van der Waals surface area (Å²) in [6.07, 6.45) is 5.27. The number of rotatable bonds is 11. The van der Waals surface area contributed by atoms with Gasteiger partial charge in [-0.05, 0) is 80.4 Å². The largest absolute Gasteiger partial charge is 0.497 e. The highest BCUT2D eigenvalue weighted by Gasteiger charge is 2.08. The van der Waals surface area contributed by atoms with Crippen molar-refractivity contribution in [3.05, 3.63) is 107 Å². The number of aliphatic hydroxyl groups excluding tert-OH is 1. The Bertz CT molecular complexity index is 1500. The molecular weight excluding hydrogens is 540 g/mol. The van der Waals surface area contributed by atoms with Crippen molar-refractivity contribution in [1.82, 2.24) is 0 Å². The Kier molecular flexibility index (Phi) is 11.8. The molecule has 2 heterocycles. The second-order valence-electron chi connectivity index (χ2n) is 8.92. The molecule has 42 heavy (non-hydrogen) atoms. The van der Waals surface area contributed by atoms with E-state index in [4.69, 9.17) is 33.3 Å². The van der Waals surface area contributed by atoms with E-state index in [1.54, 1.807) is 33.1 Å². The molecule has 220 valence electrons. The van der Waals surface area contributed by atoms with Gasteiger partial charge in [0, 0.05) is 23.3 Å². The molecule has 0 aliphatic rings. The molecule has 0 bridgehead atoms. The number of aliphatic carboxylic acids is 1. The van der Waals surface area contributed by atoms with Crippen molar-refractivity contribution in [1.29, 1.82) is 0 Å². The first-order valence-electron chi connectivity index (χ1n) is 13.1. The van der Waals surface area contributed by atoms with Gasteiger partial charge >= 0.3 is 11.9 Å². The molecule has 0 saturated carbocycles. The minimum Gasteiger partial charge on any atom is -0.497 e. The third-order valence-electron chi connectivity index (χ3n) is 5.98. The van der Waals surface area contributed by atoms with Crippen LogP contribution >= 0.6 is 0 Å². The Hall–Kier alpha value is -5.02. The van der Waals surface area contributed by atoms with Crippen molar-refractivity contribution in [2.45, 2.75) is 34.0 Å². The molecule has 9 heteroatoms. The van der Waals surface area contributed by atoms with Gasteiger partial charge in [-0.1, -0.05) is 24.3 Å². The highest BCUT2D eigenvalue weighted by atomic mass is 16.5. The molecule has 2 aromatic carbocycles. The molecule has 2 N–H and O–H groups in total. The summed E-state index contributed by atoms with van der Waals surface area (Å²) in [5.41, 5.74) is 3.78.